The van der Waals surface area contributed by atoms with Crippen molar-refractivity contribution in [2.45, 2.75) is 37.3 Å². The molecule has 1 aromatic rings. The molecular weight excluding hydrogens is 273 g/mol. The van der Waals surface area contributed by atoms with Gasteiger partial charge in [0.15, 0.2) is 0 Å². The Morgan fingerprint density at radius 1 is 1.30 bits per heavy atom. The Morgan fingerprint density at radius 2 is 2.00 bits per heavy atom. The van der Waals surface area contributed by atoms with Gasteiger partial charge in [0.2, 0.25) is 0 Å². The predicted molar refractivity (Wildman–Crippen MR) is 78.9 cm³/mol. The topological polar surface area (TPSA) is 29.5 Å². The number of rotatable bonds is 2. The number of fused-ring (bicyclic) bond motifs is 2. The van der Waals surface area contributed by atoms with Crippen LogP contribution in [0.2, 0.25) is 5.02 Å². The van der Waals surface area contributed by atoms with E-state index in [-0.39, 0.29) is 17.8 Å². The van der Waals surface area contributed by atoms with Gasteiger partial charge in [-0.25, -0.2) is 0 Å². The predicted octanol–water partition coefficient (Wildman–Crippen LogP) is 3.08. The summed E-state index contributed by atoms with van der Waals surface area (Å²) in [6.45, 7) is 0. The van der Waals surface area contributed by atoms with Gasteiger partial charge in [-0.2, -0.15) is 0 Å². The van der Waals surface area contributed by atoms with Crippen molar-refractivity contribution in [3.05, 3.63) is 34.9 Å². The van der Waals surface area contributed by atoms with Crippen LogP contribution in [-0.4, -0.2) is 37.1 Å². The number of hydrogen-bond acceptors (Lipinski definition) is 3. The molecule has 0 radical (unpaired) electrons. The molecule has 2 unspecified atom stereocenters. The van der Waals surface area contributed by atoms with Gasteiger partial charge in [-0.1, -0.05) is 23.7 Å². The Labute approximate surface area is 124 Å². The van der Waals surface area contributed by atoms with Gasteiger partial charge in [0.1, 0.15) is 0 Å². The first-order chi connectivity index (χ1) is 9.61. The van der Waals surface area contributed by atoms with Crippen LogP contribution >= 0.6 is 11.6 Å². The maximum absolute atomic E-state index is 12.3. The van der Waals surface area contributed by atoms with Crippen LogP contribution in [0.3, 0.4) is 0 Å². The number of nitrogens with zero attached hydrogens (tertiary/aromatic N) is 1. The van der Waals surface area contributed by atoms with Crippen LogP contribution in [-0.2, 0) is 9.53 Å². The molecule has 1 aromatic carbocycles. The molecule has 2 bridgehead atoms. The molecule has 4 heteroatoms. The number of esters is 1. The molecule has 0 spiro atoms. The van der Waals surface area contributed by atoms with Gasteiger partial charge >= 0.3 is 5.97 Å². The van der Waals surface area contributed by atoms with E-state index in [1.165, 1.54) is 19.1 Å². The van der Waals surface area contributed by atoms with Crippen LogP contribution in [0.25, 0.3) is 0 Å². The molecule has 2 fully saturated rings. The molecule has 0 amide bonds. The first-order valence-electron chi connectivity index (χ1n) is 7.17. The molecule has 2 aliphatic rings. The number of halogens is 1. The smallest absolute Gasteiger partial charge is 0.310 e. The maximum atomic E-state index is 12.3. The second kappa shape index (κ2) is 5.38. The number of benzene rings is 1. The monoisotopic (exact) mass is 292 g/mol. The summed E-state index contributed by atoms with van der Waals surface area (Å²) in [6, 6.07) is 8.81. The molecule has 4 atom stereocenters. The Morgan fingerprint density at radius 3 is 2.65 bits per heavy atom. The third-order valence-electron chi connectivity index (χ3n) is 5.04. The molecule has 2 aliphatic heterocycles. The molecule has 2 saturated heterocycles. The van der Waals surface area contributed by atoms with Crippen molar-refractivity contribution in [2.24, 2.45) is 5.92 Å². The Balaban J connectivity index is 1.95. The fraction of sp³-hybridized carbons (Fsp3) is 0.562. The molecule has 108 valence electrons. The average Bonchev–Trinajstić information content (AvgIpc) is 2.70. The van der Waals surface area contributed by atoms with Gasteiger partial charge < -0.3 is 4.74 Å². The summed E-state index contributed by atoms with van der Waals surface area (Å²) in [5, 5.41) is 0.735. The SMILES string of the molecule is COC(=O)[C@@H]1C2CCC(C[C@@H]1c1ccc(Cl)cc1)N2[11CH3]. The number of ether oxygens (including phenoxy) is 1. The van der Waals surface area contributed by atoms with E-state index in [2.05, 4.69) is 11.9 Å². The standard InChI is InChI=1S/C16H20ClNO2/c1-18-12-7-8-14(18)15(16(19)20-2)13(9-12)10-3-5-11(17)6-4-10/h3-6,12-15H,7-9H2,1-2H3/t12?,13-,14?,15+/m1/s1/i1-1. The van der Waals surface area contributed by atoms with Gasteiger partial charge in [0, 0.05) is 23.0 Å². The van der Waals surface area contributed by atoms with Crippen molar-refractivity contribution in [2.75, 3.05) is 14.2 Å². The lowest BCUT2D eigenvalue weighted by Crippen LogP contribution is -2.49. The Bertz CT molecular complexity index is 502. The van der Waals surface area contributed by atoms with Crippen molar-refractivity contribution in [3.8, 4) is 0 Å². The minimum Gasteiger partial charge on any atom is -0.469 e. The minimum absolute atomic E-state index is 0.0649. The summed E-state index contributed by atoms with van der Waals surface area (Å²) in [4.78, 5) is 14.6. The van der Waals surface area contributed by atoms with Crippen LogP contribution in [0, 0.1) is 5.92 Å². The van der Waals surface area contributed by atoms with Crippen LogP contribution in [0.4, 0.5) is 0 Å². The van der Waals surface area contributed by atoms with Gasteiger partial charge in [-0.3, -0.25) is 9.69 Å². The summed E-state index contributed by atoms with van der Waals surface area (Å²) in [5.74, 6) is 0.0977. The lowest BCUT2D eigenvalue weighted by molar-refractivity contribution is -0.150. The molecule has 20 heavy (non-hydrogen) atoms. The minimum atomic E-state index is -0.0813. The van der Waals surface area contributed by atoms with Crippen LogP contribution < -0.4 is 0 Å². The summed E-state index contributed by atoms with van der Waals surface area (Å²) >= 11 is 5.97. The molecule has 2 heterocycles. The summed E-state index contributed by atoms with van der Waals surface area (Å²) < 4.78 is 5.07. The second-order valence-electron chi connectivity index (χ2n) is 5.91. The molecule has 0 N–H and O–H groups in total. The number of carbonyl (C=O) groups excluding carboxylic acids is 1. The summed E-state index contributed by atoms with van der Waals surface area (Å²) in [5.41, 5.74) is 1.20. The van der Waals surface area contributed by atoms with E-state index in [1.54, 1.807) is 0 Å². The zero-order chi connectivity index (χ0) is 14.3. The summed E-state index contributed by atoms with van der Waals surface area (Å²) in [7, 11) is 3.62. The van der Waals surface area contributed by atoms with Crippen molar-refractivity contribution in [1.29, 1.82) is 0 Å². The van der Waals surface area contributed by atoms with E-state index in [9.17, 15) is 4.79 Å². The number of carbonyl (C=O) groups is 1. The fourth-order valence-electron chi connectivity index (χ4n) is 3.98. The van der Waals surface area contributed by atoms with Crippen LogP contribution in [0.5, 0.6) is 0 Å². The van der Waals surface area contributed by atoms with E-state index < -0.39 is 0 Å². The lowest BCUT2D eigenvalue weighted by atomic mass is 9.75. The van der Waals surface area contributed by atoms with E-state index in [0.717, 1.165) is 17.9 Å². The van der Waals surface area contributed by atoms with Gasteiger partial charge in [-0.15, -0.1) is 0 Å². The quantitative estimate of drug-likeness (QED) is 0.785. The highest BCUT2D eigenvalue weighted by Gasteiger charge is 2.49. The highest BCUT2D eigenvalue weighted by atomic mass is 35.5. The normalized spacial score (nSPS) is 33.1. The highest BCUT2D eigenvalue weighted by molar-refractivity contribution is 6.30. The van der Waals surface area contributed by atoms with E-state index in [0.29, 0.717) is 12.1 Å². The first-order valence-corrected chi connectivity index (χ1v) is 7.55. The average molecular weight is 293 g/mol. The number of piperidine rings is 1. The van der Waals surface area contributed by atoms with Gasteiger partial charge in [-0.05, 0) is 44.0 Å². The first kappa shape index (κ1) is 13.9. The molecule has 3 rings (SSSR count). The van der Waals surface area contributed by atoms with Crippen LogP contribution in [0.1, 0.15) is 30.7 Å². The number of methoxy groups -OCH3 is 1. The molecule has 0 aliphatic carbocycles. The van der Waals surface area contributed by atoms with Crippen molar-refractivity contribution in [3.63, 3.8) is 0 Å². The molecule has 0 aromatic heterocycles. The lowest BCUT2D eigenvalue weighted by Gasteiger charge is -2.41. The third-order valence-corrected chi connectivity index (χ3v) is 5.29. The molecular formula is C16H20ClNO2. The summed E-state index contributed by atoms with van der Waals surface area (Å²) in [6.07, 6.45) is 3.29. The molecule has 3 nitrogen and oxygen atoms in total. The number of hydrogen-bond donors (Lipinski definition) is 0. The van der Waals surface area contributed by atoms with Gasteiger partial charge in [0.25, 0.3) is 0 Å². The van der Waals surface area contributed by atoms with Crippen molar-refractivity contribution in [1.82, 2.24) is 4.90 Å². The van der Waals surface area contributed by atoms with E-state index in [1.807, 2.05) is 24.3 Å². The Kier molecular flexibility index (Phi) is 3.74. The van der Waals surface area contributed by atoms with Crippen molar-refractivity contribution >= 4 is 17.6 Å². The van der Waals surface area contributed by atoms with E-state index in [4.69, 9.17) is 16.3 Å². The maximum Gasteiger partial charge on any atom is 0.310 e. The van der Waals surface area contributed by atoms with Crippen LogP contribution in [0.15, 0.2) is 24.3 Å². The van der Waals surface area contributed by atoms with Crippen molar-refractivity contribution < 1.29 is 9.53 Å². The fourth-order valence-corrected chi connectivity index (χ4v) is 4.10. The largest absolute Gasteiger partial charge is 0.469 e. The second-order valence-corrected chi connectivity index (χ2v) is 6.34. The Hall–Kier alpha value is -1.06. The zero-order valence-electron chi connectivity index (χ0n) is 11.9. The molecule has 0 saturated carbocycles. The van der Waals surface area contributed by atoms with E-state index >= 15 is 0 Å². The zero-order valence-corrected chi connectivity index (χ0v) is 12.6. The van der Waals surface area contributed by atoms with Gasteiger partial charge in [0.05, 0.1) is 13.0 Å². The third kappa shape index (κ3) is 2.23. The highest BCUT2D eigenvalue weighted by Crippen LogP contribution is 2.46.